The van der Waals surface area contributed by atoms with Gasteiger partial charge in [-0.1, -0.05) is 53.1 Å². The number of imidazole rings is 4. The van der Waals surface area contributed by atoms with Gasteiger partial charge in [-0.3, -0.25) is 37.0 Å². The maximum atomic E-state index is 15.1. The van der Waals surface area contributed by atoms with Crippen molar-refractivity contribution in [1.29, 1.82) is 0 Å². The maximum Gasteiger partial charge on any atom is 0.288 e. The van der Waals surface area contributed by atoms with Crippen LogP contribution in [0.4, 0.5) is 69.0 Å². The second-order valence-electron chi connectivity index (χ2n) is 30.5. The van der Waals surface area contributed by atoms with Crippen LogP contribution in [0.3, 0.4) is 0 Å². The van der Waals surface area contributed by atoms with Gasteiger partial charge in [-0.15, -0.1) is 0 Å². The lowest BCUT2D eigenvalue weighted by molar-refractivity contribution is 0.356. The number of ether oxygens (including phenoxy) is 4. The van der Waals surface area contributed by atoms with E-state index in [1.807, 2.05) is 54.6 Å². The van der Waals surface area contributed by atoms with Gasteiger partial charge in [-0.05, 0) is 124 Å². The topological polar surface area (TPSA) is 307 Å². The minimum absolute atomic E-state index is 0.165. The Morgan fingerprint density at radius 2 is 0.797 bits per heavy atom. The number of anilines is 4. The van der Waals surface area contributed by atoms with Crippen molar-refractivity contribution in [2.45, 2.75) is 91.8 Å². The molecule has 16 aromatic rings. The monoisotopic (exact) mass is 1790 g/mol. The highest BCUT2D eigenvalue weighted by atomic mass is 79.9. The van der Waals surface area contributed by atoms with Crippen LogP contribution >= 0.6 is 15.9 Å². The number of aromatic amines is 1. The van der Waals surface area contributed by atoms with E-state index in [1.165, 1.54) is 24.3 Å². The third kappa shape index (κ3) is 17.0. The van der Waals surface area contributed by atoms with Gasteiger partial charge in [0.15, 0.2) is 0 Å². The zero-order valence-electron chi connectivity index (χ0n) is 69.9. The smallest absolute Gasteiger partial charge is 0.288 e. The largest absolute Gasteiger partial charge is 0.493 e. The molecule has 12 aromatic heterocycles. The van der Waals surface area contributed by atoms with Crippen LogP contribution in [0, 0.1) is 62.3 Å². The number of pyridine rings is 1. The van der Waals surface area contributed by atoms with Gasteiger partial charge in [0, 0.05) is 190 Å². The number of benzene rings is 4. The summed E-state index contributed by atoms with van der Waals surface area (Å²) in [6, 6.07) is 16.1. The summed E-state index contributed by atoms with van der Waals surface area (Å²) in [5.74, 6) is 4.04. The van der Waals surface area contributed by atoms with Gasteiger partial charge in [0.2, 0.25) is 46.4 Å². The number of rotatable bonds is 23. The van der Waals surface area contributed by atoms with Crippen LogP contribution in [0.1, 0.15) is 69.1 Å². The summed E-state index contributed by atoms with van der Waals surface area (Å²) in [4.78, 5) is 58.0. The molecule has 5 N–H and O–H groups in total. The Bertz CT molecular complexity index is 7140. The van der Waals surface area contributed by atoms with Crippen LogP contribution in [0.15, 0.2) is 139 Å². The molecule has 4 aliphatic heterocycles. The lowest BCUT2D eigenvalue weighted by Gasteiger charge is -2.14. The fourth-order valence-corrected chi connectivity index (χ4v) is 16.2. The molecular weight excluding hydrogens is 1710 g/mol. The molecule has 0 atom stereocenters. The number of hydrogen-bond acceptors (Lipinski definition) is 22. The van der Waals surface area contributed by atoms with Crippen molar-refractivity contribution in [1.82, 2.24) is 102 Å². The Hall–Kier alpha value is -15.5. The molecule has 0 saturated carbocycles. The number of nitrogens with zero attached hydrogens (tertiary/aromatic N) is 24. The van der Waals surface area contributed by atoms with Gasteiger partial charge < -0.3 is 69.4 Å². The van der Waals surface area contributed by atoms with E-state index in [-0.39, 0.29) is 78.5 Å². The van der Waals surface area contributed by atoms with Crippen molar-refractivity contribution in [3.63, 3.8) is 0 Å². The van der Waals surface area contributed by atoms with E-state index >= 15 is 4.39 Å². The minimum Gasteiger partial charge on any atom is -0.493 e. The Labute approximate surface area is 736 Å². The summed E-state index contributed by atoms with van der Waals surface area (Å²) in [6.07, 6.45) is 23.4. The van der Waals surface area contributed by atoms with Gasteiger partial charge in [-0.25, -0.2) is 41.9 Å². The molecule has 0 fully saturated rings. The maximum absolute atomic E-state index is 15.1. The molecule has 0 saturated heterocycles. The Morgan fingerprint density at radius 3 is 1.15 bits per heavy atom. The standard InChI is InChI=1S/C25H23F2N7O.C23H23FN8O.C22H20FN7O.C19H13BrFN7O/c1-14-16(9-29-20(23(14)27)12-33(3)4)18-11-31-25(34-13-22(28-2)32-24(18)34)30-10-17-15-7-8-35-21(15)6-5-19(17)26;1-25-21-14-31-22(29-21)17(19-6-8-28-32(19)10-9-30(2)3)13-27-23(31)26-12-16-15-7-11-33-20(15)5-4-18(16)24;1-3-9-30-18(6-8-27-30)16-12-26-22(29-13-20(24-2)28-21(16)29)25-11-15-14-7-10-31-19(14)5-4-17(15)23;1-22-16-9-28-18(26-16)12(17-13(20)8-25-27-17)7-24-19(28)23-6-11-10-4-5-29-15(10)3-2-14(11)21/h5-6,9,11,13H,7-8,10,12H2,1,3-4H3,(H,30,31);4-6,8,13-14H,7,9-12H2,2-3H3,(H,26,27);4-6,8,12-13H,3,7,9-11H2,1H3,(H,25,26);2-3,7-9H,4-6H2,(H,23,24)(H,25,27). The summed E-state index contributed by atoms with van der Waals surface area (Å²) in [7, 11) is 7.72. The van der Waals surface area contributed by atoms with Gasteiger partial charge in [0.25, 0.3) is 23.3 Å². The van der Waals surface area contributed by atoms with Crippen molar-refractivity contribution in [3.05, 3.63) is 270 Å². The molecule has 33 nitrogen and oxygen atoms in total. The minimum atomic E-state index is -0.385. The van der Waals surface area contributed by atoms with Gasteiger partial charge in [0.05, 0.1) is 88.7 Å². The van der Waals surface area contributed by atoms with Crippen molar-refractivity contribution < 1.29 is 40.9 Å². The molecule has 128 heavy (non-hydrogen) atoms. The number of H-pyrrole nitrogens is 1. The van der Waals surface area contributed by atoms with E-state index in [4.69, 9.17) is 45.2 Å². The number of halogens is 6. The molecule has 0 amide bonds. The number of hydrogen-bond donors (Lipinski definition) is 5. The van der Waals surface area contributed by atoms with Crippen LogP contribution in [-0.4, -0.2) is 163 Å². The molecule has 0 bridgehead atoms. The molecule has 4 aliphatic rings. The van der Waals surface area contributed by atoms with E-state index in [9.17, 15) is 17.6 Å². The molecule has 4 aromatic carbocycles. The first-order valence-electron chi connectivity index (χ1n) is 40.6. The highest BCUT2D eigenvalue weighted by Gasteiger charge is 2.30. The molecule has 16 heterocycles. The van der Waals surface area contributed by atoms with Crippen molar-refractivity contribution in [2.75, 3.05) is 82.4 Å². The Balaban J connectivity index is 0.000000120. The van der Waals surface area contributed by atoms with E-state index in [2.05, 4.69) is 134 Å². The average molecular weight is 1790 g/mol. The molecule has 646 valence electrons. The van der Waals surface area contributed by atoms with Crippen LogP contribution < -0.4 is 40.2 Å². The molecule has 20 rings (SSSR count). The van der Waals surface area contributed by atoms with Gasteiger partial charge in [0.1, 0.15) is 52.1 Å². The SMILES string of the molecule is [C-]#[N+]c1cn2c(NCc3c(F)ccc4c3CCO4)ncc(-c3[nH]ncc3Br)c2n1.[C-]#[N+]c1cn2c(NCc3c(F)ccc4c3CCO4)ncc(-c3ccnn3CCC)c2n1.[C-]#[N+]c1cn2c(NCc3c(F)ccc4c3CCO4)ncc(-c3ccnn3CCN(C)C)c2n1.[C-]#[N+]c1cn2c(NCc3c(F)ccc4c3CCO4)ncc(-c3cnc(CN(C)C)c(F)c3C)c2n1. The summed E-state index contributed by atoms with van der Waals surface area (Å²) in [5.41, 5.74) is 14.4. The molecule has 0 radical (unpaired) electrons. The lowest BCUT2D eigenvalue weighted by atomic mass is 10.0. The molecular formula is C89H79BrF5N29O4. The van der Waals surface area contributed by atoms with Crippen molar-refractivity contribution in [3.8, 4) is 67.9 Å². The number of nitrogens with one attached hydrogen (secondary N) is 5. The summed E-state index contributed by atoms with van der Waals surface area (Å²) >= 11 is 3.44. The normalized spacial score (nSPS) is 12.6. The van der Waals surface area contributed by atoms with E-state index in [0.29, 0.717) is 173 Å². The quantitative estimate of drug-likeness (QED) is 0.0293. The third-order valence-corrected chi connectivity index (χ3v) is 22.6. The fraction of sp³-hybridized carbons (Fsp3) is 0.258. The number of aryl methyl sites for hydroxylation is 1. The molecule has 0 unspecified atom stereocenters. The average Bonchev–Trinajstić information content (AvgIpc) is 1.63. The van der Waals surface area contributed by atoms with Crippen LogP contribution in [-0.2, 0) is 71.5 Å². The van der Waals surface area contributed by atoms with Crippen LogP contribution in [0.5, 0.6) is 23.0 Å². The summed E-state index contributed by atoms with van der Waals surface area (Å²) < 4.78 is 107. The van der Waals surface area contributed by atoms with Crippen LogP contribution in [0.25, 0.3) is 86.9 Å². The van der Waals surface area contributed by atoms with Crippen LogP contribution in [0.2, 0.25) is 0 Å². The zero-order valence-corrected chi connectivity index (χ0v) is 71.4. The van der Waals surface area contributed by atoms with E-state index < -0.39 is 0 Å². The van der Waals surface area contributed by atoms with E-state index in [0.717, 1.165) is 86.0 Å². The number of likely N-dealkylation sites (N-methyl/N-ethyl adjacent to an activating group) is 1. The van der Waals surface area contributed by atoms with Gasteiger partial charge >= 0.3 is 0 Å². The Morgan fingerprint density at radius 1 is 0.445 bits per heavy atom. The number of aromatic nitrogens is 19. The summed E-state index contributed by atoms with van der Waals surface area (Å²) in [6.45, 7) is 39.1. The first-order valence-corrected chi connectivity index (χ1v) is 41.4. The third-order valence-electron chi connectivity index (χ3n) is 22.0. The highest BCUT2D eigenvalue weighted by Crippen LogP contribution is 2.40. The van der Waals surface area contributed by atoms with Gasteiger partial charge in [-0.2, -0.15) is 15.3 Å². The molecule has 39 heteroatoms. The predicted octanol–water partition coefficient (Wildman–Crippen LogP) is 16.3. The second kappa shape index (κ2) is 36.8. The first-order chi connectivity index (χ1) is 62.3. The predicted molar refractivity (Wildman–Crippen MR) is 471 cm³/mol. The highest BCUT2D eigenvalue weighted by molar-refractivity contribution is 9.10. The summed E-state index contributed by atoms with van der Waals surface area (Å²) in [5, 5.41) is 28.5. The second-order valence-corrected chi connectivity index (χ2v) is 31.3. The molecule has 0 spiro atoms. The first kappa shape index (κ1) is 84.8. The molecule has 0 aliphatic carbocycles. The number of fused-ring (bicyclic) bond motifs is 8. The zero-order chi connectivity index (χ0) is 89.0. The van der Waals surface area contributed by atoms with Crippen molar-refractivity contribution >= 4 is 85.6 Å². The lowest BCUT2D eigenvalue weighted by Crippen LogP contribution is -2.19. The van der Waals surface area contributed by atoms with E-state index in [1.54, 1.807) is 123 Å². The van der Waals surface area contributed by atoms with Crippen molar-refractivity contribution in [2.24, 2.45) is 0 Å². The fourth-order valence-electron chi connectivity index (χ4n) is 15.8. The Kier molecular flexibility index (Phi) is 24.3.